The van der Waals surface area contributed by atoms with Crippen LogP contribution in [0.15, 0.2) is 24.3 Å². The van der Waals surface area contributed by atoms with Gasteiger partial charge in [0.25, 0.3) is 0 Å². The van der Waals surface area contributed by atoms with Crippen molar-refractivity contribution in [3.8, 4) is 5.75 Å². The normalized spacial score (nSPS) is 25.3. The van der Waals surface area contributed by atoms with Gasteiger partial charge in [0, 0.05) is 23.8 Å². The van der Waals surface area contributed by atoms with Crippen LogP contribution in [0.1, 0.15) is 27.2 Å². The van der Waals surface area contributed by atoms with E-state index < -0.39 is 0 Å². The molecule has 1 aliphatic carbocycles. The van der Waals surface area contributed by atoms with Gasteiger partial charge < -0.3 is 14.8 Å². The minimum Gasteiger partial charge on any atom is -0.497 e. The lowest BCUT2D eigenvalue weighted by molar-refractivity contribution is -0.0975. The molecule has 3 nitrogen and oxygen atoms in total. The topological polar surface area (TPSA) is 30.5 Å². The van der Waals surface area contributed by atoms with E-state index in [-0.39, 0.29) is 5.41 Å². The van der Waals surface area contributed by atoms with E-state index in [1.807, 2.05) is 12.1 Å². The van der Waals surface area contributed by atoms with Crippen molar-refractivity contribution < 1.29 is 9.47 Å². The summed E-state index contributed by atoms with van der Waals surface area (Å²) in [4.78, 5) is 0. The summed E-state index contributed by atoms with van der Waals surface area (Å²) in [6, 6.07) is 8.55. The first-order valence-corrected chi connectivity index (χ1v) is 6.60. The summed E-state index contributed by atoms with van der Waals surface area (Å²) in [7, 11) is 1.68. The summed E-state index contributed by atoms with van der Waals surface area (Å²) in [5, 5.41) is 3.57. The second-order valence-corrected chi connectivity index (χ2v) is 5.43. The van der Waals surface area contributed by atoms with Crippen LogP contribution >= 0.6 is 0 Å². The molecule has 1 aromatic carbocycles. The Morgan fingerprint density at radius 3 is 2.44 bits per heavy atom. The minimum absolute atomic E-state index is 0.190. The molecule has 1 N–H and O–H groups in total. The zero-order chi connectivity index (χ0) is 13.2. The molecule has 2 unspecified atom stereocenters. The van der Waals surface area contributed by atoms with E-state index in [1.165, 1.54) is 0 Å². The number of rotatable bonds is 5. The third-order valence-corrected chi connectivity index (χ3v) is 3.98. The summed E-state index contributed by atoms with van der Waals surface area (Å²) in [5.74, 6) is 0.889. The van der Waals surface area contributed by atoms with Gasteiger partial charge in [0.1, 0.15) is 5.75 Å². The summed E-state index contributed by atoms with van der Waals surface area (Å²) < 4.78 is 10.9. The molecule has 0 heterocycles. The second-order valence-electron chi connectivity index (χ2n) is 5.43. The average molecular weight is 249 g/mol. The lowest BCUT2D eigenvalue weighted by atomic mass is 9.64. The molecule has 0 bridgehead atoms. The fourth-order valence-corrected chi connectivity index (χ4v) is 2.50. The minimum atomic E-state index is 0.190. The molecule has 3 heteroatoms. The first-order chi connectivity index (χ1) is 8.57. The zero-order valence-electron chi connectivity index (χ0n) is 11.7. The van der Waals surface area contributed by atoms with Gasteiger partial charge in [-0.05, 0) is 37.6 Å². The highest BCUT2D eigenvalue weighted by molar-refractivity contribution is 5.48. The number of hydrogen-bond donors (Lipinski definition) is 1. The predicted molar refractivity (Wildman–Crippen MR) is 74.2 cm³/mol. The maximum absolute atomic E-state index is 5.74. The monoisotopic (exact) mass is 249 g/mol. The van der Waals surface area contributed by atoms with Crippen molar-refractivity contribution in [3.05, 3.63) is 24.3 Å². The Morgan fingerprint density at radius 1 is 1.28 bits per heavy atom. The Morgan fingerprint density at radius 2 is 1.94 bits per heavy atom. The van der Waals surface area contributed by atoms with Gasteiger partial charge in [-0.15, -0.1) is 0 Å². The van der Waals surface area contributed by atoms with E-state index in [9.17, 15) is 0 Å². The van der Waals surface area contributed by atoms with E-state index in [1.54, 1.807) is 7.11 Å². The van der Waals surface area contributed by atoms with Crippen molar-refractivity contribution in [2.24, 2.45) is 5.41 Å². The highest BCUT2D eigenvalue weighted by atomic mass is 16.5. The maximum atomic E-state index is 5.74. The Hall–Kier alpha value is -1.22. The number of ether oxygens (including phenoxy) is 2. The van der Waals surface area contributed by atoms with Gasteiger partial charge in [-0.1, -0.05) is 13.8 Å². The van der Waals surface area contributed by atoms with E-state index in [0.29, 0.717) is 12.1 Å². The summed E-state index contributed by atoms with van der Waals surface area (Å²) >= 11 is 0. The molecule has 0 aromatic heterocycles. The van der Waals surface area contributed by atoms with E-state index in [4.69, 9.17) is 9.47 Å². The SMILES string of the molecule is CCOC1CC(Nc2ccc(OC)cc2)C1(C)C. The quantitative estimate of drug-likeness (QED) is 0.868. The number of methoxy groups -OCH3 is 1. The van der Waals surface area contributed by atoms with Crippen LogP contribution in [-0.2, 0) is 4.74 Å². The van der Waals surface area contributed by atoms with Crippen LogP contribution in [0.5, 0.6) is 5.75 Å². The van der Waals surface area contributed by atoms with Crippen LogP contribution in [0.4, 0.5) is 5.69 Å². The predicted octanol–water partition coefficient (Wildman–Crippen LogP) is 3.31. The van der Waals surface area contributed by atoms with E-state index in [0.717, 1.165) is 24.5 Å². The van der Waals surface area contributed by atoms with Crippen molar-refractivity contribution in [2.45, 2.75) is 39.3 Å². The number of nitrogens with one attached hydrogen (secondary N) is 1. The van der Waals surface area contributed by atoms with Crippen LogP contribution in [0, 0.1) is 5.41 Å². The van der Waals surface area contributed by atoms with Gasteiger partial charge in [-0.3, -0.25) is 0 Å². The lowest BCUT2D eigenvalue weighted by Gasteiger charge is -2.52. The largest absolute Gasteiger partial charge is 0.497 e. The zero-order valence-corrected chi connectivity index (χ0v) is 11.7. The van der Waals surface area contributed by atoms with Crippen LogP contribution in [-0.4, -0.2) is 25.9 Å². The van der Waals surface area contributed by atoms with Crippen molar-refractivity contribution in [1.82, 2.24) is 0 Å². The van der Waals surface area contributed by atoms with Gasteiger partial charge in [-0.25, -0.2) is 0 Å². The molecule has 0 aliphatic heterocycles. The molecule has 0 saturated heterocycles. The molecule has 0 radical (unpaired) electrons. The Bertz CT molecular complexity index is 386. The molecule has 100 valence electrons. The summed E-state index contributed by atoms with van der Waals surface area (Å²) in [6.45, 7) is 7.37. The molecule has 1 saturated carbocycles. The summed E-state index contributed by atoms with van der Waals surface area (Å²) in [6.07, 6.45) is 1.45. The maximum Gasteiger partial charge on any atom is 0.119 e. The molecular weight excluding hydrogens is 226 g/mol. The fourth-order valence-electron chi connectivity index (χ4n) is 2.50. The van der Waals surface area contributed by atoms with Crippen molar-refractivity contribution in [2.75, 3.05) is 19.0 Å². The molecular formula is C15H23NO2. The van der Waals surface area contributed by atoms with E-state index in [2.05, 4.69) is 38.2 Å². The van der Waals surface area contributed by atoms with Gasteiger partial charge >= 0.3 is 0 Å². The van der Waals surface area contributed by atoms with Crippen molar-refractivity contribution in [1.29, 1.82) is 0 Å². The van der Waals surface area contributed by atoms with Crippen LogP contribution in [0.3, 0.4) is 0 Å². The molecule has 0 amide bonds. The molecule has 0 spiro atoms. The molecule has 18 heavy (non-hydrogen) atoms. The van der Waals surface area contributed by atoms with Crippen LogP contribution in [0.2, 0.25) is 0 Å². The van der Waals surface area contributed by atoms with Crippen molar-refractivity contribution in [3.63, 3.8) is 0 Å². The first kappa shape index (κ1) is 13.2. The van der Waals surface area contributed by atoms with Crippen LogP contribution in [0.25, 0.3) is 0 Å². The number of hydrogen-bond acceptors (Lipinski definition) is 3. The van der Waals surface area contributed by atoms with Gasteiger partial charge in [0.15, 0.2) is 0 Å². The standard InChI is InChI=1S/C15H23NO2/c1-5-18-14-10-13(15(14,2)3)16-11-6-8-12(17-4)9-7-11/h6-9,13-14,16H,5,10H2,1-4H3. The average Bonchev–Trinajstić information content (AvgIpc) is 2.38. The Labute approximate surface area is 109 Å². The van der Waals surface area contributed by atoms with Gasteiger partial charge in [0.2, 0.25) is 0 Å². The highest BCUT2D eigenvalue weighted by Crippen LogP contribution is 2.44. The third-order valence-electron chi connectivity index (χ3n) is 3.98. The number of anilines is 1. The molecule has 2 rings (SSSR count). The highest BCUT2D eigenvalue weighted by Gasteiger charge is 2.48. The third kappa shape index (κ3) is 2.46. The molecule has 1 aromatic rings. The van der Waals surface area contributed by atoms with Crippen LogP contribution < -0.4 is 10.1 Å². The lowest BCUT2D eigenvalue weighted by Crippen LogP contribution is -2.58. The Balaban J connectivity index is 1.94. The molecule has 2 atom stereocenters. The van der Waals surface area contributed by atoms with E-state index >= 15 is 0 Å². The fraction of sp³-hybridized carbons (Fsp3) is 0.600. The van der Waals surface area contributed by atoms with Crippen molar-refractivity contribution >= 4 is 5.69 Å². The second kappa shape index (κ2) is 5.19. The van der Waals surface area contributed by atoms with Gasteiger partial charge in [-0.2, -0.15) is 0 Å². The number of benzene rings is 1. The first-order valence-electron chi connectivity index (χ1n) is 6.60. The molecule has 1 fully saturated rings. The molecule has 1 aliphatic rings. The Kier molecular flexibility index (Phi) is 3.81. The summed E-state index contributed by atoms with van der Waals surface area (Å²) in [5.41, 5.74) is 1.33. The smallest absolute Gasteiger partial charge is 0.119 e. The van der Waals surface area contributed by atoms with Gasteiger partial charge in [0.05, 0.1) is 13.2 Å².